The molecule has 17 heavy (non-hydrogen) atoms. The number of nitrogens with one attached hydrogen (secondary N) is 1. The summed E-state index contributed by atoms with van der Waals surface area (Å²) in [6.07, 6.45) is 6.36. The minimum Gasteiger partial charge on any atom is -0.399 e. The number of H-pyrrole nitrogens is 1. The molecule has 86 valence electrons. The standard InChI is InChI=1S/C13H14N4/c14-11-6-1-9(2-7-11)3-8-12-15-13(17-16-12)10-4-5-10/h1-3,6-8,10H,4-5,14H2,(H,15,16,17)/b8-3+. The maximum atomic E-state index is 5.62. The number of nitrogens with zero attached hydrogens (tertiary/aromatic N) is 2. The van der Waals surface area contributed by atoms with Crippen LogP contribution >= 0.6 is 0 Å². The Labute approximate surface area is 99.6 Å². The molecule has 0 amide bonds. The average molecular weight is 226 g/mol. The van der Waals surface area contributed by atoms with Gasteiger partial charge in [-0.15, -0.1) is 0 Å². The van der Waals surface area contributed by atoms with Gasteiger partial charge in [0.05, 0.1) is 0 Å². The highest BCUT2D eigenvalue weighted by Crippen LogP contribution is 2.37. The zero-order valence-corrected chi connectivity index (χ0v) is 9.43. The molecule has 0 bridgehead atoms. The first kappa shape index (κ1) is 10.1. The zero-order chi connectivity index (χ0) is 11.7. The fourth-order valence-corrected chi connectivity index (χ4v) is 1.68. The van der Waals surface area contributed by atoms with Crippen LogP contribution in [0.1, 0.15) is 36.0 Å². The van der Waals surface area contributed by atoms with Crippen LogP contribution in [0.3, 0.4) is 0 Å². The molecular weight excluding hydrogens is 212 g/mol. The van der Waals surface area contributed by atoms with E-state index in [2.05, 4.69) is 15.2 Å². The Bertz CT molecular complexity index is 535. The van der Waals surface area contributed by atoms with Crippen LogP contribution in [0, 0.1) is 0 Å². The molecule has 1 fully saturated rings. The van der Waals surface area contributed by atoms with E-state index >= 15 is 0 Å². The van der Waals surface area contributed by atoms with Gasteiger partial charge in [-0.1, -0.05) is 18.2 Å². The van der Waals surface area contributed by atoms with Crippen molar-refractivity contribution in [1.82, 2.24) is 15.2 Å². The summed E-state index contributed by atoms with van der Waals surface area (Å²) in [5.41, 5.74) is 7.49. The van der Waals surface area contributed by atoms with E-state index in [4.69, 9.17) is 5.73 Å². The monoisotopic (exact) mass is 226 g/mol. The van der Waals surface area contributed by atoms with Gasteiger partial charge in [-0.3, -0.25) is 5.10 Å². The van der Waals surface area contributed by atoms with Gasteiger partial charge in [0, 0.05) is 11.6 Å². The maximum absolute atomic E-state index is 5.62. The van der Waals surface area contributed by atoms with Gasteiger partial charge in [0.1, 0.15) is 5.82 Å². The van der Waals surface area contributed by atoms with E-state index in [1.165, 1.54) is 12.8 Å². The van der Waals surface area contributed by atoms with Crippen LogP contribution in [0.5, 0.6) is 0 Å². The molecule has 0 unspecified atom stereocenters. The van der Waals surface area contributed by atoms with Crippen molar-refractivity contribution in [1.29, 1.82) is 0 Å². The second-order valence-electron chi connectivity index (χ2n) is 4.35. The van der Waals surface area contributed by atoms with Crippen molar-refractivity contribution in [2.45, 2.75) is 18.8 Å². The second kappa shape index (κ2) is 4.05. The van der Waals surface area contributed by atoms with Crippen molar-refractivity contribution in [2.24, 2.45) is 0 Å². The van der Waals surface area contributed by atoms with Crippen molar-refractivity contribution in [3.63, 3.8) is 0 Å². The van der Waals surface area contributed by atoms with Crippen LogP contribution < -0.4 is 5.73 Å². The summed E-state index contributed by atoms with van der Waals surface area (Å²) in [7, 11) is 0. The Morgan fingerprint density at radius 3 is 2.65 bits per heavy atom. The van der Waals surface area contributed by atoms with Gasteiger partial charge >= 0.3 is 0 Å². The fourth-order valence-electron chi connectivity index (χ4n) is 1.68. The van der Waals surface area contributed by atoms with Crippen molar-refractivity contribution < 1.29 is 0 Å². The van der Waals surface area contributed by atoms with E-state index < -0.39 is 0 Å². The third-order valence-electron chi connectivity index (χ3n) is 2.85. The number of aromatic amines is 1. The van der Waals surface area contributed by atoms with E-state index in [1.54, 1.807) is 0 Å². The lowest BCUT2D eigenvalue weighted by Crippen LogP contribution is -1.83. The van der Waals surface area contributed by atoms with Crippen molar-refractivity contribution in [2.75, 3.05) is 5.73 Å². The third-order valence-corrected chi connectivity index (χ3v) is 2.85. The Morgan fingerprint density at radius 1 is 1.18 bits per heavy atom. The summed E-state index contributed by atoms with van der Waals surface area (Å²) in [5.74, 6) is 2.37. The molecule has 0 saturated heterocycles. The number of nitrogen functional groups attached to an aromatic ring is 1. The number of hydrogen-bond acceptors (Lipinski definition) is 3. The molecule has 0 radical (unpaired) electrons. The molecule has 1 heterocycles. The first-order valence-electron chi connectivity index (χ1n) is 5.77. The smallest absolute Gasteiger partial charge is 0.173 e. The molecular formula is C13H14N4. The van der Waals surface area contributed by atoms with E-state index in [0.717, 1.165) is 22.9 Å². The molecule has 1 aliphatic rings. The molecule has 3 rings (SSSR count). The van der Waals surface area contributed by atoms with Crippen LogP contribution in [0.15, 0.2) is 24.3 Å². The summed E-state index contributed by atoms with van der Waals surface area (Å²) in [6, 6.07) is 7.71. The number of anilines is 1. The highest BCUT2D eigenvalue weighted by Gasteiger charge is 2.26. The molecule has 1 aromatic heterocycles. The highest BCUT2D eigenvalue weighted by molar-refractivity contribution is 5.67. The molecule has 0 aliphatic heterocycles. The SMILES string of the molecule is Nc1ccc(/C=C/c2n[nH]c(C3CC3)n2)cc1. The lowest BCUT2D eigenvalue weighted by atomic mass is 10.2. The fraction of sp³-hybridized carbons (Fsp3) is 0.231. The largest absolute Gasteiger partial charge is 0.399 e. The van der Waals surface area contributed by atoms with Gasteiger partial charge in [0.2, 0.25) is 0 Å². The lowest BCUT2D eigenvalue weighted by Gasteiger charge is -1.93. The summed E-state index contributed by atoms with van der Waals surface area (Å²) in [5, 5.41) is 7.14. The van der Waals surface area contributed by atoms with Crippen LogP contribution in [0.2, 0.25) is 0 Å². The molecule has 2 aromatic rings. The Kier molecular flexibility index (Phi) is 2.40. The second-order valence-corrected chi connectivity index (χ2v) is 4.35. The molecule has 1 aromatic carbocycles. The van der Waals surface area contributed by atoms with E-state index in [0.29, 0.717) is 5.92 Å². The minimum absolute atomic E-state index is 0.612. The molecule has 4 heteroatoms. The van der Waals surface area contributed by atoms with E-state index in [1.807, 2.05) is 36.4 Å². The van der Waals surface area contributed by atoms with Gasteiger partial charge in [-0.2, -0.15) is 5.10 Å². The third kappa shape index (κ3) is 2.36. The molecule has 3 N–H and O–H groups in total. The Balaban J connectivity index is 1.74. The van der Waals surface area contributed by atoms with Crippen LogP contribution in [-0.2, 0) is 0 Å². The van der Waals surface area contributed by atoms with Crippen molar-refractivity contribution >= 4 is 17.8 Å². The highest BCUT2D eigenvalue weighted by atomic mass is 15.2. The normalized spacial score (nSPS) is 15.5. The van der Waals surface area contributed by atoms with Gasteiger partial charge in [0.25, 0.3) is 0 Å². The molecule has 1 aliphatic carbocycles. The van der Waals surface area contributed by atoms with Crippen LogP contribution in [-0.4, -0.2) is 15.2 Å². The quantitative estimate of drug-likeness (QED) is 0.790. The van der Waals surface area contributed by atoms with Gasteiger partial charge < -0.3 is 5.73 Å². The number of benzene rings is 1. The Morgan fingerprint density at radius 2 is 1.94 bits per heavy atom. The average Bonchev–Trinajstić information content (AvgIpc) is 3.09. The first-order valence-corrected chi connectivity index (χ1v) is 5.77. The predicted octanol–water partition coefficient (Wildman–Crippen LogP) is 2.43. The number of aromatic nitrogens is 3. The number of rotatable bonds is 3. The lowest BCUT2D eigenvalue weighted by molar-refractivity contribution is 0.934. The molecule has 1 saturated carbocycles. The molecule has 0 spiro atoms. The maximum Gasteiger partial charge on any atom is 0.173 e. The van der Waals surface area contributed by atoms with Crippen LogP contribution in [0.4, 0.5) is 5.69 Å². The van der Waals surface area contributed by atoms with Gasteiger partial charge in [-0.05, 0) is 36.6 Å². The zero-order valence-electron chi connectivity index (χ0n) is 9.43. The number of hydrogen-bond donors (Lipinski definition) is 2. The van der Waals surface area contributed by atoms with Crippen molar-refractivity contribution in [3.05, 3.63) is 41.5 Å². The molecule has 4 nitrogen and oxygen atoms in total. The van der Waals surface area contributed by atoms with E-state index in [9.17, 15) is 0 Å². The van der Waals surface area contributed by atoms with Crippen molar-refractivity contribution in [3.8, 4) is 0 Å². The Hall–Kier alpha value is -2.10. The summed E-state index contributed by atoms with van der Waals surface area (Å²) in [4.78, 5) is 4.43. The topological polar surface area (TPSA) is 67.6 Å². The molecule has 0 atom stereocenters. The summed E-state index contributed by atoms with van der Waals surface area (Å²) in [6.45, 7) is 0. The predicted molar refractivity (Wildman–Crippen MR) is 68.1 cm³/mol. The first-order chi connectivity index (χ1) is 8.31. The summed E-state index contributed by atoms with van der Waals surface area (Å²) >= 11 is 0. The number of nitrogens with two attached hydrogens (primary N) is 1. The van der Waals surface area contributed by atoms with Gasteiger partial charge in [-0.25, -0.2) is 4.98 Å². The van der Waals surface area contributed by atoms with Crippen LogP contribution in [0.25, 0.3) is 12.2 Å². The minimum atomic E-state index is 0.612. The van der Waals surface area contributed by atoms with E-state index in [-0.39, 0.29) is 0 Å². The van der Waals surface area contributed by atoms with Gasteiger partial charge in [0.15, 0.2) is 5.82 Å². The summed E-state index contributed by atoms with van der Waals surface area (Å²) < 4.78 is 0.